The van der Waals surface area contributed by atoms with Gasteiger partial charge in [-0.15, -0.1) is 0 Å². The zero-order valence-electron chi connectivity index (χ0n) is 14.3. The van der Waals surface area contributed by atoms with Gasteiger partial charge in [-0.25, -0.2) is 28.4 Å². The molecule has 2 unspecified atom stereocenters. The lowest BCUT2D eigenvalue weighted by molar-refractivity contribution is -0.140. The number of nitrogens with two attached hydrogens (primary N) is 1. The Bertz CT molecular complexity index is 1040. The molecule has 6 N–H and O–H groups in total. The lowest BCUT2D eigenvalue weighted by Gasteiger charge is -2.19. The Labute approximate surface area is 162 Å². The summed E-state index contributed by atoms with van der Waals surface area (Å²) in [5, 5.41) is 0. The molecule has 0 amide bonds. The normalized spacial score (nSPS) is 24.4. The fourth-order valence-electron chi connectivity index (χ4n) is 2.51. The molecular formula is C10H16N5O11P3. The summed E-state index contributed by atoms with van der Waals surface area (Å²) < 4.78 is 53.4. The number of anilines is 1. The minimum Gasteiger partial charge on any atom is -0.382 e. The molecule has 0 saturated carbocycles. The third-order valence-corrected chi connectivity index (χ3v) is 7.52. The Hall–Kier alpha value is -1.28. The van der Waals surface area contributed by atoms with Crippen molar-refractivity contribution < 1.29 is 51.4 Å². The maximum absolute atomic E-state index is 11.8. The molecule has 3 heterocycles. The molecule has 29 heavy (non-hydrogen) atoms. The van der Waals surface area contributed by atoms with Gasteiger partial charge in [-0.2, -0.15) is 4.31 Å². The number of nitrogen functional groups attached to an aromatic ring is 1. The monoisotopic (exact) mass is 475 g/mol. The number of aromatic nitrogens is 4. The Kier molecular flexibility index (Phi) is 6.26. The predicted molar refractivity (Wildman–Crippen MR) is 92.7 cm³/mol. The molecule has 16 nitrogen and oxygen atoms in total. The van der Waals surface area contributed by atoms with Crippen molar-refractivity contribution in [3.8, 4) is 0 Å². The van der Waals surface area contributed by atoms with Crippen LogP contribution in [-0.2, 0) is 31.8 Å². The average molecular weight is 475 g/mol. The number of imidazole rings is 1. The van der Waals surface area contributed by atoms with Crippen LogP contribution < -0.4 is 5.73 Å². The van der Waals surface area contributed by atoms with E-state index in [2.05, 4.69) is 23.6 Å². The van der Waals surface area contributed by atoms with E-state index in [1.165, 1.54) is 12.7 Å². The van der Waals surface area contributed by atoms with Crippen molar-refractivity contribution in [2.24, 2.45) is 0 Å². The van der Waals surface area contributed by atoms with Gasteiger partial charge in [0, 0.05) is 6.42 Å². The zero-order valence-corrected chi connectivity index (χ0v) is 17.0. The van der Waals surface area contributed by atoms with E-state index >= 15 is 0 Å². The summed E-state index contributed by atoms with van der Waals surface area (Å²) in [5.41, 5.74) is 6.50. The van der Waals surface area contributed by atoms with Crippen LogP contribution in [0.5, 0.6) is 0 Å². The van der Waals surface area contributed by atoms with Crippen LogP contribution in [0.1, 0.15) is 19.1 Å². The lowest BCUT2D eigenvalue weighted by Crippen LogP contribution is -2.15. The summed E-state index contributed by atoms with van der Waals surface area (Å²) in [6.07, 6.45) is 0.716. The number of phosphoric acid groups is 2. The molecule has 0 spiro atoms. The molecule has 0 aromatic carbocycles. The standard InChI is InChI=1S/C10H16N5O11P3/c11-9-8-10(13-3-12-9)15(4-14-8)6-1-2-7(24-6)23-5-27(16,17)25-29(21,22)26-28(18,19)20/h3-4,6-7H,1-2,5H2,(H,16,17)(H,21,22)(H2,11,12,13)(H2,18,19,20)/t6-,7+/m1/s1. The molecule has 1 aliphatic heterocycles. The summed E-state index contributed by atoms with van der Waals surface area (Å²) in [6, 6.07) is 0. The highest BCUT2D eigenvalue weighted by Crippen LogP contribution is 2.66. The minimum absolute atomic E-state index is 0.184. The fourth-order valence-corrected chi connectivity index (χ4v) is 5.81. The van der Waals surface area contributed by atoms with Crippen LogP contribution in [0.3, 0.4) is 0 Å². The average Bonchev–Trinajstić information content (AvgIpc) is 3.16. The second-order valence-corrected chi connectivity index (χ2v) is 10.5. The van der Waals surface area contributed by atoms with E-state index in [9.17, 15) is 18.6 Å². The largest absolute Gasteiger partial charge is 0.488 e. The number of rotatable bonds is 8. The molecule has 2 aromatic heterocycles. The van der Waals surface area contributed by atoms with E-state index in [0.717, 1.165) is 0 Å². The third-order valence-electron chi connectivity index (χ3n) is 3.52. The van der Waals surface area contributed by atoms with Gasteiger partial charge in [0.2, 0.25) is 0 Å². The predicted octanol–water partition coefficient (Wildman–Crippen LogP) is 0.429. The maximum Gasteiger partial charge on any atom is 0.488 e. The Morgan fingerprint density at radius 2 is 1.86 bits per heavy atom. The van der Waals surface area contributed by atoms with Crippen LogP contribution in [0.15, 0.2) is 12.7 Å². The van der Waals surface area contributed by atoms with Crippen LogP contribution in [0.25, 0.3) is 11.2 Å². The van der Waals surface area contributed by atoms with Crippen LogP contribution in [0.4, 0.5) is 5.82 Å². The first-order valence-electron chi connectivity index (χ1n) is 7.68. The van der Waals surface area contributed by atoms with Crippen LogP contribution in [-0.4, -0.2) is 51.7 Å². The van der Waals surface area contributed by atoms with Crippen LogP contribution in [0.2, 0.25) is 0 Å². The van der Waals surface area contributed by atoms with E-state index in [1.54, 1.807) is 4.57 Å². The molecule has 19 heteroatoms. The van der Waals surface area contributed by atoms with Crippen molar-refractivity contribution in [1.82, 2.24) is 19.5 Å². The molecule has 4 atom stereocenters. The Morgan fingerprint density at radius 3 is 2.55 bits per heavy atom. The molecule has 0 bridgehead atoms. The summed E-state index contributed by atoms with van der Waals surface area (Å²) in [7, 11) is -15.9. The molecule has 1 saturated heterocycles. The van der Waals surface area contributed by atoms with E-state index in [1.807, 2.05) is 0 Å². The van der Waals surface area contributed by atoms with E-state index in [0.29, 0.717) is 17.6 Å². The SMILES string of the molecule is Nc1ncnc2c1ncn2[C@H]1CC[C@@H](OCP(=O)(O)OP(=O)(O)OP(=O)(O)O)O1. The highest BCUT2D eigenvalue weighted by molar-refractivity contribution is 7.68. The molecule has 1 aliphatic rings. The van der Waals surface area contributed by atoms with Crippen molar-refractivity contribution in [3.05, 3.63) is 12.7 Å². The number of nitrogens with zero attached hydrogens (tertiary/aromatic N) is 4. The van der Waals surface area contributed by atoms with Crippen molar-refractivity contribution >= 4 is 40.2 Å². The molecule has 1 fully saturated rings. The summed E-state index contributed by atoms with van der Waals surface area (Å²) in [5.74, 6) is 0.184. The maximum atomic E-state index is 11.8. The zero-order chi connectivity index (χ0) is 21.4. The van der Waals surface area contributed by atoms with Gasteiger partial charge in [0.05, 0.1) is 6.33 Å². The van der Waals surface area contributed by atoms with Gasteiger partial charge in [0.25, 0.3) is 0 Å². The first-order valence-corrected chi connectivity index (χ1v) is 12.5. The number of fused-ring (bicyclic) bond motifs is 1. The molecule has 162 valence electrons. The van der Waals surface area contributed by atoms with Gasteiger partial charge in [0.15, 0.2) is 24.1 Å². The van der Waals surface area contributed by atoms with Crippen molar-refractivity contribution in [2.45, 2.75) is 25.4 Å². The lowest BCUT2D eigenvalue weighted by atomic mass is 10.3. The molecule has 2 aromatic rings. The number of hydrogen-bond donors (Lipinski definition) is 5. The quantitative estimate of drug-likeness (QED) is 0.325. The van der Waals surface area contributed by atoms with Crippen LogP contribution in [0, 0.1) is 0 Å². The van der Waals surface area contributed by atoms with Crippen molar-refractivity contribution in [2.75, 3.05) is 12.1 Å². The molecule has 0 aliphatic carbocycles. The van der Waals surface area contributed by atoms with Gasteiger partial charge in [-0.3, -0.25) is 9.13 Å². The minimum atomic E-state index is -5.52. The fraction of sp³-hybridized carbons (Fsp3) is 0.500. The van der Waals surface area contributed by atoms with Gasteiger partial charge in [-0.1, -0.05) is 0 Å². The van der Waals surface area contributed by atoms with Crippen molar-refractivity contribution in [1.29, 1.82) is 0 Å². The van der Waals surface area contributed by atoms with Gasteiger partial charge in [0.1, 0.15) is 18.1 Å². The van der Waals surface area contributed by atoms with E-state index in [4.69, 9.17) is 29.9 Å². The Balaban J connectivity index is 1.58. The van der Waals surface area contributed by atoms with Crippen LogP contribution >= 0.6 is 23.2 Å². The number of ether oxygens (including phenoxy) is 2. The number of hydrogen-bond acceptors (Lipinski definition) is 11. The first-order chi connectivity index (χ1) is 13.4. The molecule has 0 radical (unpaired) electrons. The van der Waals surface area contributed by atoms with Gasteiger partial charge in [-0.05, 0) is 6.42 Å². The highest BCUT2D eigenvalue weighted by atomic mass is 31.3. The van der Waals surface area contributed by atoms with Gasteiger partial charge < -0.3 is 34.8 Å². The van der Waals surface area contributed by atoms with Gasteiger partial charge >= 0.3 is 23.2 Å². The highest BCUT2D eigenvalue weighted by Gasteiger charge is 2.40. The smallest absolute Gasteiger partial charge is 0.382 e. The van der Waals surface area contributed by atoms with Crippen molar-refractivity contribution in [3.63, 3.8) is 0 Å². The molecular weight excluding hydrogens is 459 g/mol. The summed E-state index contributed by atoms with van der Waals surface area (Å²) in [4.78, 5) is 47.7. The third kappa shape index (κ3) is 5.87. The Morgan fingerprint density at radius 1 is 1.14 bits per heavy atom. The van der Waals surface area contributed by atoms with E-state index in [-0.39, 0.29) is 12.2 Å². The van der Waals surface area contributed by atoms with E-state index < -0.39 is 42.1 Å². The first kappa shape index (κ1) is 22.4. The second-order valence-electron chi connectivity index (χ2n) is 5.74. The summed E-state index contributed by atoms with van der Waals surface area (Å²) in [6.45, 7) is 0. The molecule has 3 rings (SSSR count). The summed E-state index contributed by atoms with van der Waals surface area (Å²) >= 11 is 0. The second kappa shape index (κ2) is 8.10. The topological polar surface area (TPSA) is 239 Å².